The molecule has 9 heteroatoms. The van der Waals surface area contributed by atoms with Crippen molar-refractivity contribution >= 4 is 50.5 Å². The van der Waals surface area contributed by atoms with Crippen LogP contribution in [-0.2, 0) is 10.0 Å². The van der Waals surface area contributed by atoms with Gasteiger partial charge in [0.2, 0.25) is 0 Å². The maximum Gasteiger partial charge on any atom is 0.261 e. The maximum atomic E-state index is 12.8. The van der Waals surface area contributed by atoms with E-state index in [1.807, 2.05) is 13.0 Å². The number of benzene rings is 3. The summed E-state index contributed by atoms with van der Waals surface area (Å²) in [6, 6.07) is 15.6. The van der Waals surface area contributed by atoms with E-state index in [9.17, 15) is 13.2 Å². The number of hydrogen-bond acceptors (Lipinski definition) is 4. The molecule has 0 bridgehead atoms. The topological polar surface area (TPSA) is 84.5 Å². The van der Waals surface area contributed by atoms with Gasteiger partial charge in [0, 0.05) is 11.4 Å². The maximum absolute atomic E-state index is 12.8. The Labute approximate surface area is 184 Å². The molecule has 3 aromatic carbocycles. The lowest BCUT2D eigenvalue weighted by Gasteiger charge is -2.12. The Balaban J connectivity index is 1.87. The molecule has 0 unspecified atom stereocenters. The minimum atomic E-state index is -3.92. The molecule has 3 aromatic rings. The van der Waals surface area contributed by atoms with E-state index < -0.39 is 15.9 Å². The van der Waals surface area contributed by atoms with Gasteiger partial charge < -0.3 is 10.1 Å². The van der Waals surface area contributed by atoms with E-state index in [1.165, 1.54) is 31.4 Å². The van der Waals surface area contributed by atoms with E-state index in [1.54, 1.807) is 30.3 Å². The normalized spacial score (nSPS) is 11.1. The summed E-state index contributed by atoms with van der Waals surface area (Å²) in [6.07, 6.45) is 0. The quantitative estimate of drug-likeness (QED) is 0.513. The molecule has 0 fully saturated rings. The van der Waals surface area contributed by atoms with Gasteiger partial charge in [-0.25, -0.2) is 8.42 Å². The molecule has 0 radical (unpaired) electrons. The Morgan fingerprint density at radius 3 is 2.37 bits per heavy atom. The molecule has 0 aromatic heterocycles. The lowest BCUT2D eigenvalue weighted by atomic mass is 10.2. The molecule has 0 aliphatic carbocycles. The molecule has 0 saturated carbocycles. The highest BCUT2D eigenvalue weighted by molar-refractivity contribution is 7.92. The lowest BCUT2D eigenvalue weighted by Crippen LogP contribution is -2.16. The SMILES string of the molecule is COc1ccc(NC(=O)c2cc(S(=O)(=O)Nc3cccc(C)c3)ccc2Cl)cc1Cl. The number of carbonyl (C=O) groups is 1. The molecule has 0 spiro atoms. The first-order valence-electron chi connectivity index (χ1n) is 8.73. The fourth-order valence-corrected chi connectivity index (χ4v) is 4.25. The fraction of sp³-hybridized carbons (Fsp3) is 0.0952. The van der Waals surface area contributed by atoms with E-state index in [-0.39, 0.29) is 15.5 Å². The van der Waals surface area contributed by atoms with Crippen molar-refractivity contribution in [1.82, 2.24) is 0 Å². The Hall–Kier alpha value is -2.74. The van der Waals surface area contributed by atoms with Crippen molar-refractivity contribution in [2.45, 2.75) is 11.8 Å². The van der Waals surface area contributed by atoms with Gasteiger partial charge >= 0.3 is 0 Å². The number of halogens is 2. The third kappa shape index (κ3) is 5.05. The zero-order valence-corrected chi connectivity index (χ0v) is 18.4. The zero-order chi connectivity index (χ0) is 21.9. The van der Waals surface area contributed by atoms with Crippen molar-refractivity contribution in [2.75, 3.05) is 17.1 Å². The van der Waals surface area contributed by atoms with Gasteiger partial charge in [0.15, 0.2) is 0 Å². The summed E-state index contributed by atoms with van der Waals surface area (Å²) in [6.45, 7) is 1.86. The molecule has 6 nitrogen and oxygen atoms in total. The second-order valence-electron chi connectivity index (χ2n) is 6.42. The van der Waals surface area contributed by atoms with Crippen LogP contribution in [0.15, 0.2) is 65.6 Å². The predicted molar refractivity (Wildman–Crippen MR) is 119 cm³/mol. The fourth-order valence-electron chi connectivity index (χ4n) is 2.71. The van der Waals surface area contributed by atoms with E-state index in [4.69, 9.17) is 27.9 Å². The molecule has 0 heterocycles. The Morgan fingerprint density at radius 1 is 0.933 bits per heavy atom. The van der Waals surface area contributed by atoms with Crippen LogP contribution < -0.4 is 14.8 Å². The number of carbonyl (C=O) groups excluding carboxylic acids is 1. The van der Waals surface area contributed by atoms with Gasteiger partial charge in [-0.3, -0.25) is 9.52 Å². The third-order valence-corrected chi connectivity index (χ3v) is 6.18. The monoisotopic (exact) mass is 464 g/mol. The number of sulfonamides is 1. The molecular formula is C21H18Cl2N2O4S. The standard InChI is InChI=1S/C21H18Cl2N2O4S/c1-13-4-3-5-15(10-13)25-30(27,28)16-7-8-18(22)17(12-16)21(26)24-14-6-9-20(29-2)19(23)11-14/h3-12,25H,1-2H3,(H,24,26). The van der Waals surface area contributed by atoms with Crippen molar-refractivity contribution in [3.63, 3.8) is 0 Å². The van der Waals surface area contributed by atoms with Crippen LogP contribution in [0.5, 0.6) is 5.75 Å². The molecule has 2 N–H and O–H groups in total. The Morgan fingerprint density at radius 2 is 1.70 bits per heavy atom. The van der Waals surface area contributed by atoms with Crippen LogP contribution in [0, 0.1) is 6.92 Å². The Bertz CT molecular complexity index is 1210. The molecule has 1 amide bonds. The van der Waals surface area contributed by atoms with E-state index >= 15 is 0 Å². The highest BCUT2D eigenvalue weighted by Gasteiger charge is 2.19. The van der Waals surface area contributed by atoms with Crippen LogP contribution >= 0.6 is 23.2 Å². The van der Waals surface area contributed by atoms with Crippen molar-refractivity contribution in [3.8, 4) is 5.75 Å². The average molecular weight is 465 g/mol. The number of ether oxygens (including phenoxy) is 1. The third-order valence-electron chi connectivity index (χ3n) is 4.17. The first kappa shape index (κ1) is 22.0. The molecular weight excluding hydrogens is 447 g/mol. The number of rotatable bonds is 6. The van der Waals surface area contributed by atoms with E-state index in [0.717, 1.165) is 5.56 Å². The van der Waals surface area contributed by atoms with Gasteiger partial charge in [-0.2, -0.15) is 0 Å². The highest BCUT2D eigenvalue weighted by atomic mass is 35.5. The van der Waals surface area contributed by atoms with Gasteiger partial charge in [0.25, 0.3) is 15.9 Å². The number of aryl methyl sites for hydroxylation is 1. The second-order valence-corrected chi connectivity index (χ2v) is 8.92. The number of nitrogens with one attached hydrogen (secondary N) is 2. The number of anilines is 2. The summed E-state index contributed by atoms with van der Waals surface area (Å²) in [4.78, 5) is 12.6. The van der Waals surface area contributed by atoms with Crippen LogP contribution in [0.1, 0.15) is 15.9 Å². The summed E-state index contributed by atoms with van der Waals surface area (Å²) >= 11 is 12.2. The van der Waals surface area contributed by atoms with E-state index in [2.05, 4.69) is 10.0 Å². The average Bonchev–Trinajstić information content (AvgIpc) is 2.68. The van der Waals surface area contributed by atoms with E-state index in [0.29, 0.717) is 22.1 Å². The molecule has 0 aliphatic heterocycles. The van der Waals surface area contributed by atoms with Crippen LogP contribution in [0.2, 0.25) is 10.0 Å². The van der Waals surface area contributed by atoms with Gasteiger partial charge in [0.05, 0.1) is 27.6 Å². The van der Waals surface area contributed by atoms with Crippen molar-refractivity contribution in [3.05, 3.63) is 81.8 Å². The van der Waals surface area contributed by atoms with Gasteiger partial charge in [-0.15, -0.1) is 0 Å². The van der Waals surface area contributed by atoms with Crippen molar-refractivity contribution < 1.29 is 17.9 Å². The lowest BCUT2D eigenvalue weighted by molar-refractivity contribution is 0.102. The van der Waals surface area contributed by atoms with Crippen LogP contribution in [0.3, 0.4) is 0 Å². The molecule has 156 valence electrons. The second kappa shape index (κ2) is 8.95. The largest absolute Gasteiger partial charge is 0.495 e. The summed E-state index contributed by atoms with van der Waals surface area (Å²) in [5.74, 6) is -0.114. The smallest absolute Gasteiger partial charge is 0.261 e. The first-order chi connectivity index (χ1) is 14.2. The van der Waals surface area contributed by atoms with Crippen LogP contribution in [0.25, 0.3) is 0 Å². The highest BCUT2D eigenvalue weighted by Crippen LogP contribution is 2.28. The molecule has 3 rings (SSSR count). The van der Waals surface area contributed by atoms with Crippen LogP contribution in [-0.4, -0.2) is 21.4 Å². The number of hydrogen-bond donors (Lipinski definition) is 2. The van der Waals surface area contributed by atoms with Crippen molar-refractivity contribution in [2.24, 2.45) is 0 Å². The minimum Gasteiger partial charge on any atom is -0.495 e. The molecule has 0 saturated heterocycles. The zero-order valence-electron chi connectivity index (χ0n) is 16.1. The summed E-state index contributed by atoms with van der Waals surface area (Å²) < 4.78 is 33.1. The summed E-state index contributed by atoms with van der Waals surface area (Å²) in [7, 11) is -2.44. The Kier molecular flexibility index (Phi) is 6.55. The number of methoxy groups -OCH3 is 1. The van der Waals surface area contributed by atoms with Crippen LogP contribution in [0.4, 0.5) is 11.4 Å². The molecule has 0 atom stereocenters. The predicted octanol–water partition coefficient (Wildman–Crippen LogP) is 5.36. The van der Waals surface area contributed by atoms with Gasteiger partial charge in [-0.05, 0) is 61.0 Å². The summed E-state index contributed by atoms with van der Waals surface area (Å²) in [5, 5.41) is 3.08. The molecule has 0 aliphatic rings. The minimum absolute atomic E-state index is 0.00993. The van der Waals surface area contributed by atoms with Gasteiger partial charge in [0.1, 0.15) is 5.75 Å². The molecule has 30 heavy (non-hydrogen) atoms. The van der Waals surface area contributed by atoms with Gasteiger partial charge in [-0.1, -0.05) is 35.3 Å². The first-order valence-corrected chi connectivity index (χ1v) is 11.0. The number of amides is 1. The summed E-state index contributed by atoms with van der Waals surface area (Å²) in [5.41, 5.74) is 1.75. The van der Waals surface area contributed by atoms with Crippen molar-refractivity contribution in [1.29, 1.82) is 0 Å².